The van der Waals surface area contributed by atoms with Gasteiger partial charge in [-0.2, -0.15) is 5.10 Å². The average molecular weight is 323 g/mol. The van der Waals surface area contributed by atoms with Crippen molar-refractivity contribution in [3.05, 3.63) is 65.2 Å². The first-order valence-electron chi connectivity index (χ1n) is 8.19. The molecule has 0 spiro atoms. The van der Waals surface area contributed by atoms with Crippen molar-refractivity contribution >= 4 is 17.3 Å². The van der Waals surface area contributed by atoms with E-state index < -0.39 is 0 Å². The summed E-state index contributed by atoms with van der Waals surface area (Å²) in [6.07, 6.45) is 0. The summed E-state index contributed by atoms with van der Waals surface area (Å²) in [5.74, 6) is 0.332. The Labute approximate surface area is 144 Å². The first-order valence-corrected chi connectivity index (χ1v) is 8.19. The van der Waals surface area contributed by atoms with Crippen LogP contribution in [0, 0.1) is 6.92 Å². The highest BCUT2D eigenvalue weighted by molar-refractivity contribution is 5.99. The first-order chi connectivity index (χ1) is 11.5. The van der Waals surface area contributed by atoms with E-state index in [0.29, 0.717) is 5.92 Å². The molecule has 0 bridgehead atoms. The van der Waals surface area contributed by atoms with Gasteiger partial charge in [-0.05, 0) is 48.6 Å². The third kappa shape index (κ3) is 5.23. The topological polar surface area (TPSA) is 53.5 Å². The largest absolute Gasteiger partial charge is 0.376 e. The summed E-state index contributed by atoms with van der Waals surface area (Å²) in [6.45, 7) is 8.42. The zero-order valence-electron chi connectivity index (χ0n) is 14.8. The number of rotatable bonds is 6. The van der Waals surface area contributed by atoms with Gasteiger partial charge in [0.2, 0.25) is 0 Å². The summed E-state index contributed by atoms with van der Waals surface area (Å²) in [5, 5.41) is 7.26. The van der Waals surface area contributed by atoms with Crippen molar-refractivity contribution in [3.8, 4) is 0 Å². The van der Waals surface area contributed by atoms with E-state index in [1.807, 2.05) is 50.2 Å². The van der Waals surface area contributed by atoms with E-state index in [1.165, 1.54) is 5.56 Å². The number of aryl methyl sites for hydroxylation is 1. The average Bonchev–Trinajstić information content (AvgIpc) is 2.58. The highest BCUT2D eigenvalue weighted by Gasteiger charge is 2.03. The number of carbonyl (C=O) groups excluding carboxylic acids is 1. The van der Waals surface area contributed by atoms with E-state index in [4.69, 9.17) is 0 Å². The lowest BCUT2D eigenvalue weighted by Gasteiger charge is -2.08. The predicted molar refractivity (Wildman–Crippen MR) is 101 cm³/mol. The number of hydrogen-bond acceptors (Lipinski definition) is 3. The number of nitrogens with zero attached hydrogens (tertiary/aromatic N) is 1. The van der Waals surface area contributed by atoms with Crippen molar-refractivity contribution in [1.82, 2.24) is 5.43 Å². The number of carbonyl (C=O) groups is 1. The molecule has 4 nitrogen and oxygen atoms in total. The maximum atomic E-state index is 11.9. The van der Waals surface area contributed by atoms with Crippen molar-refractivity contribution in [2.75, 3.05) is 11.9 Å². The maximum Gasteiger partial charge on any atom is 0.259 e. The third-order valence-electron chi connectivity index (χ3n) is 3.81. The molecule has 0 saturated heterocycles. The van der Waals surface area contributed by atoms with Gasteiger partial charge in [-0.3, -0.25) is 4.79 Å². The molecule has 0 atom stereocenters. The highest BCUT2D eigenvalue weighted by atomic mass is 16.2. The summed E-state index contributed by atoms with van der Waals surface area (Å²) in [4.78, 5) is 11.9. The van der Waals surface area contributed by atoms with Crippen LogP contribution in [0.15, 0.2) is 53.6 Å². The van der Waals surface area contributed by atoms with Crippen LogP contribution < -0.4 is 10.7 Å². The third-order valence-corrected chi connectivity index (χ3v) is 3.81. The minimum absolute atomic E-state index is 0.172. The zero-order valence-corrected chi connectivity index (χ0v) is 14.8. The van der Waals surface area contributed by atoms with E-state index in [1.54, 1.807) is 0 Å². The second-order valence-electron chi connectivity index (χ2n) is 6.23. The van der Waals surface area contributed by atoms with Gasteiger partial charge in [0.1, 0.15) is 0 Å². The summed E-state index contributed by atoms with van der Waals surface area (Å²) in [6, 6.07) is 16.2. The van der Waals surface area contributed by atoms with Crippen LogP contribution in [0.5, 0.6) is 0 Å². The summed E-state index contributed by atoms with van der Waals surface area (Å²) >= 11 is 0. The number of nitrogens with one attached hydrogen (secondary N) is 2. The minimum Gasteiger partial charge on any atom is -0.376 e. The Morgan fingerprint density at radius 3 is 2.46 bits per heavy atom. The van der Waals surface area contributed by atoms with Gasteiger partial charge in [-0.25, -0.2) is 5.43 Å². The monoisotopic (exact) mass is 323 g/mol. The lowest BCUT2D eigenvalue weighted by Crippen LogP contribution is -2.26. The van der Waals surface area contributed by atoms with E-state index in [0.717, 1.165) is 22.5 Å². The van der Waals surface area contributed by atoms with E-state index in [2.05, 4.69) is 41.8 Å². The first kappa shape index (κ1) is 17.7. The van der Waals surface area contributed by atoms with Crippen molar-refractivity contribution in [2.24, 2.45) is 5.10 Å². The molecule has 0 aromatic heterocycles. The SMILES string of the molecule is C/C(=N\NC(=O)CNc1cccc(C)c1)c1ccc(C(C)C)cc1. The zero-order chi connectivity index (χ0) is 17.5. The van der Waals surface area contributed by atoms with Gasteiger partial charge in [0.05, 0.1) is 12.3 Å². The van der Waals surface area contributed by atoms with Crippen molar-refractivity contribution in [3.63, 3.8) is 0 Å². The molecular formula is C20H25N3O. The minimum atomic E-state index is -0.172. The molecule has 2 aromatic rings. The Kier molecular flexibility index (Phi) is 6.13. The van der Waals surface area contributed by atoms with E-state index >= 15 is 0 Å². The fraction of sp³-hybridized carbons (Fsp3) is 0.300. The van der Waals surface area contributed by atoms with Crippen LogP contribution in [0.2, 0.25) is 0 Å². The Morgan fingerprint density at radius 2 is 1.83 bits per heavy atom. The Morgan fingerprint density at radius 1 is 1.12 bits per heavy atom. The number of benzene rings is 2. The van der Waals surface area contributed by atoms with Gasteiger partial charge in [0, 0.05) is 5.69 Å². The molecule has 0 unspecified atom stereocenters. The van der Waals surface area contributed by atoms with Crippen molar-refractivity contribution in [1.29, 1.82) is 0 Å². The second kappa shape index (κ2) is 8.29. The number of anilines is 1. The van der Waals surface area contributed by atoms with Crippen LogP contribution in [0.4, 0.5) is 5.69 Å². The van der Waals surface area contributed by atoms with Gasteiger partial charge in [0.25, 0.3) is 5.91 Å². The number of hydrogen-bond donors (Lipinski definition) is 2. The van der Waals surface area contributed by atoms with Crippen LogP contribution >= 0.6 is 0 Å². The lowest BCUT2D eigenvalue weighted by molar-refractivity contribution is -0.119. The summed E-state index contributed by atoms with van der Waals surface area (Å²) < 4.78 is 0. The molecule has 0 aliphatic heterocycles. The van der Waals surface area contributed by atoms with Crippen molar-refractivity contribution in [2.45, 2.75) is 33.6 Å². The Hall–Kier alpha value is -2.62. The predicted octanol–water partition coefficient (Wildman–Crippen LogP) is 4.07. The van der Waals surface area contributed by atoms with Crippen LogP contribution in [0.25, 0.3) is 0 Å². The molecule has 4 heteroatoms. The molecule has 2 rings (SSSR count). The molecular weight excluding hydrogens is 298 g/mol. The fourth-order valence-corrected chi connectivity index (χ4v) is 2.30. The second-order valence-corrected chi connectivity index (χ2v) is 6.23. The number of amides is 1. The molecule has 0 saturated carbocycles. The van der Waals surface area contributed by atoms with Crippen LogP contribution in [0.1, 0.15) is 43.4 Å². The standard InChI is InChI=1S/C20H25N3O/c1-14(2)17-8-10-18(11-9-17)16(4)22-23-20(24)13-21-19-7-5-6-15(3)12-19/h5-12,14,21H,13H2,1-4H3,(H,23,24)/b22-16+. The molecule has 0 heterocycles. The van der Waals surface area contributed by atoms with E-state index in [-0.39, 0.29) is 12.5 Å². The molecule has 24 heavy (non-hydrogen) atoms. The summed E-state index contributed by atoms with van der Waals surface area (Å²) in [5.41, 5.74) is 7.75. The molecule has 0 aliphatic carbocycles. The van der Waals surface area contributed by atoms with Gasteiger partial charge >= 0.3 is 0 Å². The quantitative estimate of drug-likeness (QED) is 0.622. The lowest BCUT2D eigenvalue weighted by atomic mass is 10.0. The normalized spacial score (nSPS) is 11.5. The van der Waals surface area contributed by atoms with Crippen LogP contribution in [-0.2, 0) is 4.79 Å². The van der Waals surface area contributed by atoms with Gasteiger partial charge < -0.3 is 5.32 Å². The number of hydrazone groups is 1. The van der Waals surface area contributed by atoms with Gasteiger partial charge in [-0.15, -0.1) is 0 Å². The maximum absolute atomic E-state index is 11.9. The van der Waals surface area contributed by atoms with Gasteiger partial charge in [-0.1, -0.05) is 50.2 Å². The molecule has 0 fully saturated rings. The molecule has 0 aliphatic rings. The molecule has 2 aromatic carbocycles. The van der Waals surface area contributed by atoms with Crippen molar-refractivity contribution < 1.29 is 4.79 Å². The fourth-order valence-electron chi connectivity index (χ4n) is 2.30. The Balaban J connectivity index is 1.88. The molecule has 0 radical (unpaired) electrons. The van der Waals surface area contributed by atoms with Gasteiger partial charge in [0.15, 0.2) is 0 Å². The molecule has 1 amide bonds. The van der Waals surface area contributed by atoms with E-state index in [9.17, 15) is 4.79 Å². The Bertz CT molecular complexity index is 718. The van der Waals surface area contributed by atoms with Crippen LogP contribution in [-0.4, -0.2) is 18.2 Å². The smallest absolute Gasteiger partial charge is 0.259 e. The molecule has 2 N–H and O–H groups in total. The molecule has 126 valence electrons. The summed E-state index contributed by atoms with van der Waals surface area (Å²) in [7, 11) is 0. The highest BCUT2D eigenvalue weighted by Crippen LogP contribution is 2.15. The van der Waals surface area contributed by atoms with Crippen LogP contribution in [0.3, 0.4) is 0 Å².